The van der Waals surface area contributed by atoms with E-state index in [-0.39, 0.29) is 5.69 Å². The summed E-state index contributed by atoms with van der Waals surface area (Å²) in [6, 6.07) is 0. The minimum atomic E-state index is -0.101. The highest BCUT2D eigenvalue weighted by molar-refractivity contribution is 4.97. The molecule has 12 heavy (non-hydrogen) atoms. The van der Waals surface area contributed by atoms with Gasteiger partial charge in [0, 0.05) is 11.9 Å². The molecule has 4 nitrogen and oxygen atoms in total. The van der Waals surface area contributed by atoms with Crippen molar-refractivity contribution in [3.05, 3.63) is 22.4 Å². The van der Waals surface area contributed by atoms with Crippen LogP contribution >= 0.6 is 0 Å². The highest BCUT2D eigenvalue weighted by Gasteiger charge is 2.15. The van der Waals surface area contributed by atoms with E-state index in [2.05, 4.69) is 15.3 Å². The van der Waals surface area contributed by atoms with E-state index in [9.17, 15) is 4.79 Å². The Morgan fingerprint density at radius 2 is 2.50 bits per heavy atom. The summed E-state index contributed by atoms with van der Waals surface area (Å²) in [6.45, 7) is 2.19. The molecule has 0 bridgehead atoms. The number of H-pyrrole nitrogens is 2. The average Bonchev–Trinajstić information content (AvgIpc) is 2.63. The topological polar surface area (TPSA) is 60.7 Å². The van der Waals surface area contributed by atoms with Crippen molar-refractivity contribution in [3.63, 3.8) is 0 Å². The van der Waals surface area contributed by atoms with Gasteiger partial charge in [0.05, 0.1) is 0 Å². The van der Waals surface area contributed by atoms with Crippen LogP contribution in [0.15, 0.2) is 11.0 Å². The fourth-order valence-corrected chi connectivity index (χ4v) is 1.68. The number of nitrogens with one attached hydrogen (secondary N) is 3. The largest absolute Gasteiger partial charge is 0.323 e. The van der Waals surface area contributed by atoms with Gasteiger partial charge in [0.2, 0.25) is 0 Å². The molecule has 1 aromatic heterocycles. The van der Waals surface area contributed by atoms with Gasteiger partial charge in [-0.15, -0.1) is 0 Å². The number of rotatable bonds is 2. The van der Waals surface area contributed by atoms with E-state index in [1.54, 1.807) is 6.20 Å². The summed E-state index contributed by atoms with van der Waals surface area (Å²) >= 11 is 0. The van der Waals surface area contributed by atoms with Crippen LogP contribution in [0.25, 0.3) is 0 Å². The summed E-state index contributed by atoms with van der Waals surface area (Å²) in [5, 5.41) is 3.30. The van der Waals surface area contributed by atoms with Crippen molar-refractivity contribution >= 4 is 0 Å². The first-order valence-corrected chi connectivity index (χ1v) is 4.32. The van der Waals surface area contributed by atoms with Gasteiger partial charge in [-0.3, -0.25) is 0 Å². The van der Waals surface area contributed by atoms with E-state index in [1.165, 1.54) is 6.42 Å². The van der Waals surface area contributed by atoms with Crippen LogP contribution in [-0.4, -0.2) is 23.1 Å². The van der Waals surface area contributed by atoms with Crippen molar-refractivity contribution in [2.45, 2.75) is 12.8 Å². The van der Waals surface area contributed by atoms with Crippen LogP contribution in [-0.2, 0) is 6.42 Å². The van der Waals surface area contributed by atoms with E-state index in [0.29, 0.717) is 5.92 Å². The van der Waals surface area contributed by atoms with Crippen molar-refractivity contribution in [1.82, 2.24) is 15.3 Å². The molecule has 0 amide bonds. The van der Waals surface area contributed by atoms with E-state index in [1.807, 2.05) is 0 Å². The Bertz CT molecular complexity index is 295. The summed E-state index contributed by atoms with van der Waals surface area (Å²) in [5.74, 6) is 0.691. The van der Waals surface area contributed by atoms with Crippen LogP contribution < -0.4 is 11.0 Å². The molecule has 1 aromatic rings. The van der Waals surface area contributed by atoms with Gasteiger partial charge in [-0.2, -0.15) is 0 Å². The molecule has 0 radical (unpaired) electrons. The Kier molecular flexibility index (Phi) is 1.99. The Morgan fingerprint density at radius 3 is 3.08 bits per heavy atom. The average molecular weight is 167 g/mol. The molecule has 0 spiro atoms. The van der Waals surface area contributed by atoms with Crippen molar-refractivity contribution < 1.29 is 0 Å². The first-order chi connectivity index (χ1) is 5.84. The van der Waals surface area contributed by atoms with Crippen molar-refractivity contribution in [1.29, 1.82) is 0 Å². The lowest BCUT2D eigenvalue weighted by molar-refractivity contribution is 0.573. The molecule has 0 aromatic carbocycles. The summed E-state index contributed by atoms with van der Waals surface area (Å²) in [6.07, 6.45) is 3.96. The molecule has 1 atom stereocenters. The maximum Gasteiger partial charge on any atom is 0.323 e. The summed E-state index contributed by atoms with van der Waals surface area (Å²) in [7, 11) is 0. The predicted molar refractivity (Wildman–Crippen MR) is 46.1 cm³/mol. The van der Waals surface area contributed by atoms with Crippen molar-refractivity contribution in [3.8, 4) is 0 Å². The molecule has 1 saturated heterocycles. The van der Waals surface area contributed by atoms with Crippen LogP contribution in [0.4, 0.5) is 0 Å². The van der Waals surface area contributed by atoms with Crippen LogP contribution in [0.2, 0.25) is 0 Å². The molecule has 2 rings (SSSR count). The van der Waals surface area contributed by atoms with Gasteiger partial charge in [-0.1, -0.05) is 0 Å². The van der Waals surface area contributed by atoms with Crippen molar-refractivity contribution in [2.75, 3.05) is 13.1 Å². The predicted octanol–water partition coefficient (Wildman–Crippen LogP) is -0.145. The number of aromatic amines is 2. The van der Waals surface area contributed by atoms with Crippen LogP contribution in [0, 0.1) is 5.92 Å². The Balaban J connectivity index is 1.98. The lowest BCUT2D eigenvalue weighted by Crippen LogP contribution is -2.11. The molecule has 0 aliphatic carbocycles. The quantitative estimate of drug-likeness (QED) is 0.574. The van der Waals surface area contributed by atoms with Gasteiger partial charge in [0.15, 0.2) is 0 Å². The van der Waals surface area contributed by atoms with Gasteiger partial charge in [0.25, 0.3) is 0 Å². The maximum absolute atomic E-state index is 10.7. The van der Waals surface area contributed by atoms with E-state index < -0.39 is 0 Å². The second-order valence-electron chi connectivity index (χ2n) is 3.33. The number of aromatic nitrogens is 2. The summed E-state index contributed by atoms with van der Waals surface area (Å²) < 4.78 is 0. The fourth-order valence-electron chi connectivity index (χ4n) is 1.68. The van der Waals surface area contributed by atoms with Crippen LogP contribution in [0.3, 0.4) is 0 Å². The maximum atomic E-state index is 10.7. The molecular weight excluding hydrogens is 154 g/mol. The van der Waals surface area contributed by atoms with Gasteiger partial charge >= 0.3 is 5.69 Å². The van der Waals surface area contributed by atoms with Gasteiger partial charge in [0.1, 0.15) is 0 Å². The molecule has 1 aliphatic rings. The minimum Gasteiger partial charge on any atom is -0.316 e. The second kappa shape index (κ2) is 3.15. The van der Waals surface area contributed by atoms with Gasteiger partial charge in [-0.25, -0.2) is 4.79 Å². The third kappa shape index (κ3) is 1.58. The number of hydrogen-bond acceptors (Lipinski definition) is 2. The van der Waals surface area contributed by atoms with Gasteiger partial charge in [-0.05, 0) is 31.8 Å². The molecule has 1 unspecified atom stereocenters. The Hall–Kier alpha value is -1.03. The molecule has 4 heteroatoms. The SMILES string of the molecule is O=c1[nH]cc(CC2CCNC2)[nH]1. The normalized spacial score (nSPS) is 23.2. The summed E-state index contributed by atoms with van der Waals surface area (Å²) in [4.78, 5) is 16.1. The Labute approximate surface area is 70.4 Å². The lowest BCUT2D eigenvalue weighted by Gasteiger charge is -2.03. The molecule has 0 saturated carbocycles. The molecule has 1 fully saturated rings. The molecular formula is C8H13N3O. The molecule has 3 N–H and O–H groups in total. The van der Waals surface area contributed by atoms with E-state index in [4.69, 9.17) is 0 Å². The van der Waals surface area contributed by atoms with E-state index >= 15 is 0 Å². The smallest absolute Gasteiger partial charge is 0.316 e. The number of imidazole rings is 1. The van der Waals surface area contributed by atoms with E-state index in [0.717, 1.165) is 25.2 Å². The zero-order valence-electron chi connectivity index (χ0n) is 6.89. The molecule has 66 valence electrons. The Morgan fingerprint density at radius 1 is 1.58 bits per heavy atom. The molecule has 1 aliphatic heterocycles. The zero-order chi connectivity index (χ0) is 8.39. The van der Waals surface area contributed by atoms with Crippen LogP contribution in [0.1, 0.15) is 12.1 Å². The highest BCUT2D eigenvalue weighted by Crippen LogP contribution is 2.11. The van der Waals surface area contributed by atoms with Crippen molar-refractivity contribution in [2.24, 2.45) is 5.92 Å². The fraction of sp³-hybridized carbons (Fsp3) is 0.625. The third-order valence-electron chi connectivity index (χ3n) is 2.32. The number of hydrogen-bond donors (Lipinski definition) is 3. The lowest BCUT2D eigenvalue weighted by atomic mass is 10.0. The second-order valence-corrected chi connectivity index (χ2v) is 3.33. The first kappa shape index (κ1) is 7.61. The zero-order valence-corrected chi connectivity index (χ0v) is 6.89. The highest BCUT2D eigenvalue weighted by atomic mass is 16.1. The molecule has 2 heterocycles. The van der Waals surface area contributed by atoms with Gasteiger partial charge < -0.3 is 15.3 Å². The minimum absolute atomic E-state index is 0.101. The first-order valence-electron chi connectivity index (χ1n) is 4.32. The monoisotopic (exact) mass is 167 g/mol. The third-order valence-corrected chi connectivity index (χ3v) is 2.32. The standard InChI is InChI=1S/C8H13N3O/c12-8-10-5-7(11-8)3-6-1-2-9-4-6/h5-6,9H,1-4H2,(H2,10,11,12). The summed E-state index contributed by atoms with van der Waals surface area (Å²) in [5.41, 5.74) is 0.921. The van der Waals surface area contributed by atoms with Crippen LogP contribution in [0.5, 0.6) is 0 Å².